The lowest BCUT2D eigenvalue weighted by Gasteiger charge is -2.13. The number of ether oxygens (including phenoxy) is 1. The van der Waals surface area contributed by atoms with Crippen LogP contribution in [0.4, 0.5) is 11.5 Å². The number of hydrogen-bond acceptors (Lipinski definition) is 4. The lowest BCUT2D eigenvalue weighted by molar-refractivity contribution is 0.0954. The maximum Gasteiger partial charge on any atom is 0.251 e. The van der Waals surface area contributed by atoms with Crippen LogP contribution in [0.15, 0.2) is 60.8 Å². The Hall–Kier alpha value is -3.34. The van der Waals surface area contributed by atoms with Gasteiger partial charge in [-0.05, 0) is 55.2 Å². The number of anilines is 2. The van der Waals surface area contributed by atoms with Gasteiger partial charge < -0.3 is 15.4 Å². The molecule has 0 atom stereocenters. The molecule has 0 aliphatic rings. The number of aryl methyl sites for hydroxylation is 2. The summed E-state index contributed by atoms with van der Waals surface area (Å²) in [5.41, 5.74) is 4.92. The van der Waals surface area contributed by atoms with E-state index in [-0.39, 0.29) is 5.91 Å². The van der Waals surface area contributed by atoms with Crippen LogP contribution in [0.2, 0.25) is 0 Å². The number of nitrogens with one attached hydrogen (secondary N) is 2. The molecular weight excluding hydrogens is 350 g/mol. The van der Waals surface area contributed by atoms with Crippen molar-refractivity contribution >= 4 is 17.4 Å². The van der Waals surface area contributed by atoms with E-state index in [1.54, 1.807) is 25.4 Å². The van der Waals surface area contributed by atoms with E-state index in [1.807, 2.05) is 56.3 Å². The molecule has 0 aliphatic heterocycles. The highest BCUT2D eigenvalue weighted by atomic mass is 16.5. The van der Waals surface area contributed by atoms with Crippen molar-refractivity contribution in [1.82, 2.24) is 10.3 Å². The Morgan fingerprint density at radius 1 is 1.04 bits per heavy atom. The maximum absolute atomic E-state index is 12.5. The van der Waals surface area contributed by atoms with Crippen LogP contribution >= 0.6 is 0 Å². The number of amides is 1. The van der Waals surface area contributed by atoms with Crippen molar-refractivity contribution in [2.75, 3.05) is 19.0 Å². The first-order valence-corrected chi connectivity index (χ1v) is 9.28. The molecule has 0 spiro atoms. The van der Waals surface area contributed by atoms with Gasteiger partial charge in [0.2, 0.25) is 0 Å². The summed E-state index contributed by atoms with van der Waals surface area (Å²) < 4.78 is 5.35. The Labute approximate surface area is 165 Å². The Kier molecular flexibility index (Phi) is 6.27. The molecule has 1 heterocycles. The van der Waals surface area contributed by atoms with Gasteiger partial charge in [0.15, 0.2) is 0 Å². The van der Waals surface area contributed by atoms with Crippen molar-refractivity contribution in [3.05, 3.63) is 83.0 Å². The lowest BCUT2D eigenvalue weighted by atomic mass is 10.1. The molecule has 0 saturated carbocycles. The van der Waals surface area contributed by atoms with Crippen LogP contribution in [-0.2, 0) is 6.42 Å². The second kappa shape index (κ2) is 9.04. The number of methoxy groups -OCH3 is 1. The minimum Gasteiger partial charge on any atom is -0.496 e. The van der Waals surface area contributed by atoms with Crippen molar-refractivity contribution in [1.29, 1.82) is 0 Å². The maximum atomic E-state index is 12.5. The van der Waals surface area contributed by atoms with E-state index in [0.29, 0.717) is 24.3 Å². The molecule has 2 aromatic carbocycles. The molecule has 144 valence electrons. The Morgan fingerprint density at radius 2 is 1.79 bits per heavy atom. The van der Waals surface area contributed by atoms with Gasteiger partial charge in [-0.3, -0.25) is 4.79 Å². The van der Waals surface area contributed by atoms with Crippen molar-refractivity contribution in [3.8, 4) is 5.75 Å². The number of carbonyl (C=O) groups excluding carboxylic acids is 1. The zero-order valence-corrected chi connectivity index (χ0v) is 16.5. The summed E-state index contributed by atoms with van der Waals surface area (Å²) in [4.78, 5) is 16.9. The number of aromatic nitrogens is 1. The standard InChI is InChI=1S/C23H25N3O2/c1-16-7-6-8-17(2)22(16)26-21-15-19(12-13-24-21)23(27)25-14-11-18-9-4-5-10-20(18)28-3/h4-10,12-13,15H,11,14H2,1-3H3,(H,24,26)(H,25,27). The normalized spacial score (nSPS) is 10.4. The Morgan fingerprint density at radius 3 is 2.54 bits per heavy atom. The fourth-order valence-corrected chi connectivity index (χ4v) is 3.10. The molecule has 1 amide bonds. The van der Waals surface area contributed by atoms with Crippen molar-refractivity contribution in [2.45, 2.75) is 20.3 Å². The largest absolute Gasteiger partial charge is 0.496 e. The number of benzene rings is 2. The molecule has 5 nitrogen and oxygen atoms in total. The molecule has 5 heteroatoms. The Balaban J connectivity index is 1.64. The van der Waals surface area contributed by atoms with E-state index in [1.165, 1.54) is 0 Å². The molecule has 0 bridgehead atoms. The fourth-order valence-electron chi connectivity index (χ4n) is 3.10. The van der Waals surface area contributed by atoms with Crippen LogP contribution in [0.5, 0.6) is 5.75 Å². The molecule has 0 radical (unpaired) electrons. The third-order valence-electron chi connectivity index (χ3n) is 4.63. The van der Waals surface area contributed by atoms with E-state index in [4.69, 9.17) is 4.74 Å². The average Bonchev–Trinajstić information content (AvgIpc) is 2.71. The molecule has 1 aromatic heterocycles. The summed E-state index contributed by atoms with van der Waals surface area (Å²) in [7, 11) is 1.65. The first kappa shape index (κ1) is 19.4. The van der Waals surface area contributed by atoms with Gasteiger partial charge in [-0.2, -0.15) is 0 Å². The zero-order valence-electron chi connectivity index (χ0n) is 16.5. The molecule has 0 aliphatic carbocycles. The number of pyridine rings is 1. The summed E-state index contributed by atoms with van der Waals surface area (Å²) in [6.45, 7) is 4.62. The average molecular weight is 375 g/mol. The molecule has 3 rings (SSSR count). The van der Waals surface area contributed by atoms with Crippen LogP contribution in [0.1, 0.15) is 27.0 Å². The minimum absolute atomic E-state index is 0.123. The van der Waals surface area contributed by atoms with E-state index in [9.17, 15) is 4.79 Å². The third-order valence-corrected chi connectivity index (χ3v) is 4.63. The molecular formula is C23H25N3O2. The van der Waals surface area contributed by atoms with Gasteiger partial charge in [0.25, 0.3) is 5.91 Å². The van der Waals surface area contributed by atoms with Gasteiger partial charge in [-0.1, -0.05) is 36.4 Å². The van der Waals surface area contributed by atoms with Gasteiger partial charge in [0, 0.05) is 24.0 Å². The topological polar surface area (TPSA) is 63.2 Å². The van der Waals surface area contributed by atoms with Crippen LogP contribution in [0.25, 0.3) is 0 Å². The molecule has 2 N–H and O–H groups in total. The monoisotopic (exact) mass is 375 g/mol. The third kappa shape index (κ3) is 4.68. The van der Waals surface area contributed by atoms with Crippen LogP contribution in [0.3, 0.4) is 0 Å². The SMILES string of the molecule is COc1ccccc1CCNC(=O)c1ccnc(Nc2c(C)cccc2C)c1. The van der Waals surface area contributed by atoms with Gasteiger partial charge in [0.1, 0.15) is 11.6 Å². The van der Waals surface area contributed by atoms with Crippen LogP contribution < -0.4 is 15.4 Å². The van der Waals surface area contributed by atoms with Crippen molar-refractivity contribution in [3.63, 3.8) is 0 Å². The number of carbonyl (C=O) groups is 1. The van der Waals surface area contributed by atoms with Gasteiger partial charge in [-0.15, -0.1) is 0 Å². The van der Waals surface area contributed by atoms with Crippen LogP contribution in [0, 0.1) is 13.8 Å². The number of para-hydroxylation sites is 2. The fraction of sp³-hybridized carbons (Fsp3) is 0.217. The van der Waals surface area contributed by atoms with E-state index >= 15 is 0 Å². The van der Waals surface area contributed by atoms with E-state index < -0.39 is 0 Å². The minimum atomic E-state index is -0.123. The second-order valence-electron chi connectivity index (χ2n) is 6.64. The highest BCUT2D eigenvalue weighted by molar-refractivity contribution is 5.95. The summed E-state index contributed by atoms with van der Waals surface area (Å²) in [5, 5.41) is 6.29. The molecule has 0 unspecified atom stereocenters. The highest BCUT2D eigenvalue weighted by Crippen LogP contribution is 2.23. The van der Waals surface area contributed by atoms with Gasteiger partial charge in [0.05, 0.1) is 7.11 Å². The Bertz CT molecular complexity index is 949. The zero-order chi connectivity index (χ0) is 19.9. The van der Waals surface area contributed by atoms with Crippen molar-refractivity contribution in [2.24, 2.45) is 0 Å². The number of nitrogens with zero attached hydrogens (tertiary/aromatic N) is 1. The van der Waals surface area contributed by atoms with E-state index in [2.05, 4.69) is 15.6 Å². The molecule has 3 aromatic rings. The predicted molar refractivity (Wildman–Crippen MR) is 112 cm³/mol. The summed E-state index contributed by atoms with van der Waals surface area (Å²) in [6, 6.07) is 17.4. The van der Waals surface area contributed by atoms with Crippen molar-refractivity contribution < 1.29 is 9.53 Å². The van der Waals surface area contributed by atoms with E-state index in [0.717, 1.165) is 28.1 Å². The van der Waals surface area contributed by atoms with Gasteiger partial charge in [-0.25, -0.2) is 4.98 Å². The summed E-state index contributed by atoms with van der Waals surface area (Å²) in [6.07, 6.45) is 2.35. The number of rotatable bonds is 7. The predicted octanol–water partition coefficient (Wildman–Crippen LogP) is 4.42. The lowest BCUT2D eigenvalue weighted by Crippen LogP contribution is -2.25. The number of hydrogen-bond donors (Lipinski definition) is 2. The molecule has 0 fully saturated rings. The highest BCUT2D eigenvalue weighted by Gasteiger charge is 2.09. The molecule has 28 heavy (non-hydrogen) atoms. The summed E-state index contributed by atoms with van der Waals surface area (Å²) in [5.74, 6) is 1.36. The van der Waals surface area contributed by atoms with Gasteiger partial charge >= 0.3 is 0 Å². The molecule has 0 saturated heterocycles. The van der Waals surface area contributed by atoms with Crippen LogP contribution in [-0.4, -0.2) is 24.5 Å². The first-order valence-electron chi connectivity index (χ1n) is 9.28. The smallest absolute Gasteiger partial charge is 0.251 e. The second-order valence-corrected chi connectivity index (χ2v) is 6.64. The summed E-state index contributed by atoms with van der Waals surface area (Å²) >= 11 is 0. The quantitative estimate of drug-likeness (QED) is 0.641. The first-order chi connectivity index (χ1) is 13.6.